The Morgan fingerprint density at radius 3 is 3.12 bits per heavy atom. The van der Waals surface area contributed by atoms with E-state index >= 15 is 0 Å². The molecule has 1 fully saturated rings. The first-order chi connectivity index (χ1) is 7.81. The van der Waals surface area contributed by atoms with Crippen molar-refractivity contribution in [2.75, 3.05) is 13.7 Å². The van der Waals surface area contributed by atoms with Crippen molar-refractivity contribution in [3.8, 4) is 0 Å². The molecule has 0 spiro atoms. The molecule has 1 heterocycles. The third-order valence-electron chi connectivity index (χ3n) is 3.47. The number of nitrogens with zero attached hydrogens (tertiary/aromatic N) is 2. The molecular formula is C12H21N3O. The lowest BCUT2D eigenvalue weighted by Crippen LogP contribution is -2.38. The van der Waals surface area contributed by atoms with E-state index in [1.807, 2.05) is 25.0 Å². The van der Waals surface area contributed by atoms with Gasteiger partial charge in [-0.2, -0.15) is 5.10 Å². The maximum atomic E-state index is 5.46. The smallest absolute Gasteiger partial charge is 0.0724 e. The molecule has 1 aromatic heterocycles. The van der Waals surface area contributed by atoms with Gasteiger partial charge in [0.25, 0.3) is 0 Å². The highest BCUT2D eigenvalue weighted by atomic mass is 16.5. The van der Waals surface area contributed by atoms with Crippen molar-refractivity contribution in [3.63, 3.8) is 0 Å². The number of aromatic nitrogens is 2. The van der Waals surface area contributed by atoms with Crippen molar-refractivity contribution in [2.45, 2.75) is 37.8 Å². The Morgan fingerprint density at radius 1 is 1.56 bits per heavy atom. The van der Waals surface area contributed by atoms with Crippen molar-refractivity contribution >= 4 is 0 Å². The van der Waals surface area contributed by atoms with E-state index < -0.39 is 0 Å². The Hall–Kier alpha value is -0.870. The molecule has 1 aromatic rings. The molecule has 0 amide bonds. The second-order valence-corrected chi connectivity index (χ2v) is 4.46. The maximum absolute atomic E-state index is 5.46. The highest BCUT2D eigenvalue weighted by molar-refractivity contribution is 5.00. The predicted molar refractivity (Wildman–Crippen MR) is 63.4 cm³/mol. The van der Waals surface area contributed by atoms with Gasteiger partial charge in [-0.15, -0.1) is 0 Å². The zero-order valence-electron chi connectivity index (χ0n) is 10.1. The molecule has 0 aliphatic heterocycles. The summed E-state index contributed by atoms with van der Waals surface area (Å²) in [5.74, 6) is 0. The minimum Gasteiger partial charge on any atom is -0.380 e. The number of methoxy groups -OCH3 is 1. The molecule has 4 nitrogen and oxygen atoms in total. The first-order valence-corrected chi connectivity index (χ1v) is 6.04. The van der Waals surface area contributed by atoms with Crippen LogP contribution in [-0.4, -0.2) is 35.6 Å². The van der Waals surface area contributed by atoms with Crippen LogP contribution in [0.3, 0.4) is 0 Å². The molecule has 0 radical (unpaired) electrons. The summed E-state index contributed by atoms with van der Waals surface area (Å²) in [6, 6.07) is 2.61. The van der Waals surface area contributed by atoms with Gasteiger partial charge >= 0.3 is 0 Å². The van der Waals surface area contributed by atoms with Gasteiger partial charge in [0, 0.05) is 45.1 Å². The minimum atomic E-state index is 0.409. The van der Waals surface area contributed by atoms with Crippen LogP contribution in [0.15, 0.2) is 12.3 Å². The van der Waals surface area contributed by atoms with Crippen LogP contribution in [0.25, 0.3) is 0 Å². The van der Waals surface area contributed by atoms with Gasteiger partial charge in [0.1, 0.15) is 0 Å². The summed E-state index contributed by atoms with van der Waals surface area (Å²) in [6.07, 6.45) is 7.00. The van der Waals surface area contributed by atoms with Crippen LogP contribution < -0.4 is 5.32 Å². The molecule has 1 aliphatic rings. The van der Waals surface area contributed by atoms with Crippen LogP contribution in [0.1, 0.15) is 25.0 Å². The molecule has 4 heteroatoms. The number of hydrogen-bond acceptors (Lipinski definition) is 3. The second-order valence-electron chi connectivity index (χ2n) is 4.46. The predicted octanol–water partition coefficient (Wildman–Crippen LogP) is 1.12. The Balaban J connectivity index is 1.74. The van der Waals surface area contributed by atoms with E-state index in [4.69, 9.17) is 4.74 Å². The summed E-state index contributed by atoms with van der Waals surface area (Å²) in [6.45, 7) is 1.00. The van der Waals surface area contributed by atoms with Crippen LogP contribution in [0, 0.1) is 0 Å². The van der Waals surface area contributed by atoms with E-state index in [0.29, 0.717) is 12.1 Å². The summed E-state index contributed by atoms with van der Waals surface area (Å²) in [5, 5.41) is 7.74. The molecule has 16 heavy (non-hydrogen) atoms. The molecule has 0 aromatic carbocycles. The monoisotopic (exact) mass is 223 g/mol. The van der Waals surface area contributed by atoms with E-state index in [9.17, 15) is 0 Å². The summed E-state index contributed by atoms with van der Waals surface area (Å²) in [7, 11) is 3.80. The van der Waals surface area contributed by atoms with E-state index in [2.05, 4.69) is 16.5 Å². The topological polar surface area (TPSA) is 39.1 Å². The zero-order chi connectivity index (χ0) is 11.4. The fraction of sp³-hybridized carbons (Fsp3) is 0.750. The third kappa shape index (κ3) is 2.62. The average molecular weight is 223 g/mol. The van der Waals surface area contributed by atoms with Gasteiger partial charge in [0.2, 0.25) is 0 Å². The molecule has 2 atom stereocenters. The summed E-state index contributed by atoms with van der Waals surface area (Å²) in [4.78, 5) is 0. The maximum Gasteiger partial charge on any atom is 0.0724 e. The van der Waals surface area contributed by atoms with Gasteiger partial charge in [-0.05, 0) is 25.3 Å². The molecule has 0 saturated heterocycles. The minimum absolute atomic E-state index is 0.409. The van der Waals surface area contributed by atoms with Gasteiger partial charge in [-0.1, -0.05) is 0 Å². The second kappa shape index (κ2) is 5.46. The number of rotatable bonds is 5. The Bertz CT molecular complexity index is 324. The normalized spacial score (nSPS) is 25.1. The van der Waals surface area contributed by atoms with Crippen LogP contribution in [0.5, 0.6) is 0 Å². The van der Waals surface area contributed by atoms with E-state index in [-0.39, 0.29) is 0 Å². The lowest BCUT2D eigenvalue weighted by Gasteiger charge is -2.19. The number of hydrogen-bond donors (Lipinski definition) is 1. The molecular weight excluding hydrogens is 202 g/mol. The molecule has 1 aliphatic carbocycles. The Morgan fingerprint density at radius 2 is 2.44 bits per heavy atom. The lowest BCUT2D eigenvalue weighted by molar-refractivity contribution is 0.0854. The van der Waals surface area contributed by atoms with Gasteiger partial charge in [-0.3, -0.25) is 4.68 Å². The van der Waals surface area contributed by atoms with Gasteiger partial charge in [0.05, 0.1) is 6.10 Å². The van der Waals surface area contributed by atoms with Crippen LogP contribution >= 0.6 is 0 Å². The molecule has 2 rings (SSSR count). The van der Waals surface area contributed by atoms with Crippen LogP contribution in [-0.2, 0) is 18.2 Å². The van der Waals surface area contributed by atoms with Crippen LogP contribution in [0.4, 0.5) is 0 Å². The van der Waals surface area contributed by atoms with Gasteiger partial charge < -0.3 is 10.1 Å². The van der Waals surface area contributed by atoms with E-state index in [0.717, 1.165) is 13.0 Å². The third-order valence-corrected chi connectivity index (χ3v) is 3.47. The molecule has 1 saturated carbocycles. The molecule has 1 N–H and O–H groups in total. The van der Waals surface area contributed by atoms with Gasteiger partial charge in [-0.25, -0.2) is 0 Å². The Labute approximate surface area is 97.0 Å². The SMILES string of the molecule is COC1CCCC1NCCc1ccnn1C. The first kappa shape index (κ1) is 11.6. The number of ether oxygens (including phenoxy) is 1. The van der Waals surface area contributed by atoms with E-state index in [1.165, 1.54) is 25.0 Å². The fourth-order valence-electron chi connectivity index (χ4n) is 2.47. The zero-order valence-corrected chi connectivity index (χ0v) is 10.1. The van der Waals surface area contributed by atoms with E-state index in [1.54, 1.807) is 0 Å². The van der Waals surface area contributed by atoms with Crippen molar-refractivity contribution in [1.29, 1.82) is 0 Å². The standard InChI is InChI=1S/C12H21N3O/c1-15-10(7-9-14-15)6-8-13-11-4-3-5-12(11)16-2/h7,9,11-13H,3-6,8H2,1-2H3. The lowest BCUT2D eigenvalue weighted by atomic mass is 10.2. The summed E-state index contributed by atoms with van der Waals surface area (Å²) < 4.78 is 7.39. The number of aryl methyl sites for hydroxylation is 1. The molecule has 0 bridgehead atoms. The number of nitrogens with one attached hydrogen (secondary N) is 1. The van der Waals surface area contributed by atoms with Crippen molar-refractivity contribution in [2.24, 2.45) is 7.05 Å². The first-order valence-electron chi connectivity index (χ1n) is 6.04. The van der Waals surface area contributed by atoms with Gasteiger partial charge in [0.15, 0.2) is 0 Å². The average Bonchev–Trinajstić information content (AvgIpc) is 2.88. The summed E-state index contributed by atoms with van der Waals surface area (Å²) in [5.41, 5.74) is 1.28. The van der Waals surface area contributed by atoms with Crippen molar-refractivity contribution in [1.82, 2.24) is 15.1 Å². The highest BCUT2D eigenvalue weighted by Gasteiger charge is 2.26. The molecule has 90 valence electrons. The quantitative estimate of drug-likeness (QED) is 0.813. The largest absolute Gasteiger partial charge is 0.380 e. The fourth-order valence-corrected chi connectivity index (χ4v) is 2.47. The molecule has 2 unspecified atom stereocenters. The van der Waals surface area contributed by atoms with Crippen molar-refractivity contribution in [3.05, 3.63) is 18.0 Å². The van der Waals surface area contributed by atoms with Crippen LogP contribution in [0.2, 0.25) is 0 Å². The highest BCUT2D eigenvalue weighted by Crippen LogP contribution is 2.21. The summed E-state index contributed by atoms with van der Waals surface area (Å²) >= 11 is 0. The Kier molecular flexibility index (Phi) is 3.96. The van der Waals surface area contributed by atoms with Crippen molar-refractivity contribution < 1.29 is 4.74 Å².